The molecule has 0 saturated heterocycles. The molecule has 0 spiro atoms. The third-order valence-corrected chi connectivity index (χ3v) is 3.31. The lowest BCUT2D eigenvalue weighted by Crippen LogP contribution is -2.06. The molecule has 0 atom stereocenters. The van der Waals surface area contributed by atoms with Crippen molar-refractivity contribution in [2.45, 2.75) is 26.7 Å². The number of ketones is 1. The molecular weight excluding hydrogens is 239 g/mol. The lowest BCUT2D eigenvalue weighted by molar-refractivity contribution is 0.0981. The van der Waals surface area contributed by atoms with Gasteiger partial charge in [-0.1, -0.05) is 30.3 Å². The topological polar surface area (TPSA) is 17.1 Å². The molecule has 0 bridgehead atoms. The Labute approximate surface area is 113 Å². The van der Waals surface area contributed by atoms with E-state index in [1.807, 2.05) is 32.0 Å². The van der Waals surface area contributed by atoms with Crippen LogP contribution in [0.4, 0.5) is 4.39 Å². The van der Waals surface area contributed by atoms with Gasteiger partial charge in [-0.25, -0.2) is 4.39 Å². The number of carbonyl (C=O) groups is 1. The lowest BCUT2D eigenvalue weighted by Gasteiger charge is -2.08. The first-order chi connectivity index (χ1) is 9.08. The van der Waals surface area contributed by atoms with Crippen LogP contribution in [0.5, 0.6) is 0 Å². The third-order valence-electron chi connectivity index (χ3n) is 3.31. The molecule has 0 aliphatic heterocycles. The van der Waals surface area contributed by atoms with Gasteiger partial charge in [-0.3, -0.25) is 4.79 Å². The van der Waals surface area contributed by atoms with Gasteiger partial charge in [-0.05, 0) is 49.1 Å². The first kappa shape index (κ1) is 13.5. The maximum absolute atomic E-state index is 12.8. The summed E-state index contributed by atoms with van der Waals surface area (Å²) in [6.07, 6.45) is 1.10. The normalized spacial score (nSPS) is 10.5. The summed E-state index contributed by atoms with van der Waals surface area (Å²) in [5, 5.41) is 0. The van der Waals surface area contributed by atoms with Gasteiger partial charge in [-0.15, -0.1) is 0 Å². The van der Waals surface area contributed by atoms with Crippen molar-refractivity contribution in [1.29, 1.82) is 0 Å². The summed E-state index contributed by atoms with van der Waals surface area (Å²) in [5.41, 5.74) is 3.85. The van der Waals surface area contributed by atoms with Crippen molar-refractivity contribution >= 4 is 5.78 Å². The highest BCUT2D eigenvalue weighted by molar-refractivity contribution is 5.98. The smallest absolute Gasteiger partial charge is 0.163 e. The fourth-order valence-electron chi connectivity index (χ4n) is 2.29. The summed E-state index contributed by atoms with van der Waals surface area (Å²) >= 11 is 0. The molecule has 1 nitrogen and oxygen atoms in total. The Morgan fingerprint density at radius 1 is 1.00 bits per heavy atom. The van der Waals surface area contributed by atoms with Crippen LogP contribution >= 0.6 is 0 Å². The Kier molecular flexibility index (Phi) is 4.10. The number of aryl methyl sites for hydroxylation is 3. The number of halogens is 1. The van der Waals surface area contributed by atoms with Crippen molar-refractivity contribution in [1.82, 2.24) is 0 Å². The molecule has 0 fully saturated rings. The van der Waals surface area contributed by atoms with Crippen molar-refractivity contribution in [2.24, 2.45) is 0 Å². The van der Waals surface area contributed by atoms with Crippen LogP contribution in [0.25, 0.3) is 0 Å². The Balaban J connectivity index is 2.07. The largest absolute Gasteiger partial charge is 0.294 e. The molecule has 0 radical (unpaired) electrons. The zero-order chi connectivity index (χ0) is 13.8. The number of hydrogen-bond donors (Lipinski definition) is 0. The zero-order valence-electron chi connectivity index (χ0n) is 11.2. The van der Waals surface area contributed by atoms with Crippen molar-refractivity contribution < 1.29 is 9.18 Å². The molecule has 0 heterocycles. The number of carbonyl (C=O) groups excluding carboxylic acids is 1. The van der Waals surface area contributed by atoms with Gasteiger partial charge >= 0.3 is 0 Å². The summed E-state index contributed by atoms with van der Waals surface area (Å²) in [6.45, 7) is 3.91. The first-order valence-electron chi connectivity index (χ1n) is 6.42. The fourth-order valence-corrected chi connectivity index (χ4v) is 2.29. The highest BCUT2D eigenvalue weighted by Gasteiger charge is 2.11. The molecule has 2 aromatic rings. The van der Waals surface area contributed by atoms with Crippen LogP contribution in [0.1, 0.15) is 33.5 Å². The van der Waals surface area contributed by atoms with Crippen molar-refractivity contribution in [3.8, 4) is 0 Å². The van der Waals surface area contributed by atoms with E-state index in [1.165, 1.54) is 12.1 Å². The van der Waals surface area contributed by atoms with Crippen LogP contribution in [0.3, 0.4) is 0 Å². The van der Waals surface area contributed by atoms with Crippen LogP contribution in [0.15, 0.2) is 42.5 Å². The molecule has 0 saturated carbocycles. The van der Waals surface area contributed by atoms with Crippen LogP contribution in [-0.2, 0) is 6.42 Å². The Morgan fingerprint density at radius 3 is 2.16 bits per heavy atom. The van der Waals surface area contributed by atoms with E-state index in [0.717, 1.165) is 22.3 Å². The van der Waals surface area contributed by atoms with E-state index in [4.69, 9.17) is 0 Å². The predicted octanol–water partition coefficient (Wildman–Crippen LogP) is 4.26. The van der Waals surface area contributed by atoms with Gasteiger partial charge in [-0.2, -0.15) is 0 Å². The minimum absolute atomic E-state index is 0.153. The summed E-state index contributed by atoms with van der Waals surface area (Å²) in [5.74, 6) is -0.0928. The van der Waals surface area contributed by atoms with E-state index < -0.39 is 0 Å². The lowest BCUT2D eigenvalue weighted by atomic mass is 9.95. The highest BCUT2D eigenvalue weighted by atomic mass is 19.1. The minimum atomic E-state index is -0.246. The predicted molar refractivity (Wildman–Crippen MR) is 75.0 cm³/mol. The highest BCUT2D eigenvalue weighted by Crippen LogP contribution is 2.17. The standard InChI is InChI=1S/C17H17FO/c1-12-4-3-5-13(2)17(12)16(19)11-8-14-6-9-15(18)10-7-14/h3-7,9-10H,8,11H2,1-2H3. The second-order valence-electron chi connectivity index (χ2n) is 4.82. The second-order valence-corrected chi connectivity index (χ2v) is 4.82. The maximum atomic E-state index is 12.8. The van der Waals surface area contributed by atoms with Crippen LogP contribution < -0.4 is 0 Å². The van der Waals surface area contributed by atoms with Gasteiger partial charge in [0.15, 0.2) is 5.78 Å². The van der Waals surface area contributed by atoms with Crippen LogP contribution in [0, 0.1) is 19.7 Å². The van der Waals surface area contributed by atoms with Crippen molar-refractivity contribution in [3.05, 3.63) is 70.5 Å². The number of rotatable bonds is 4. The zero-order valence-corrected chi connectivity index (χ0v) is 11.2. The number of benzene rings is 2. The van der Waals surface area contributed by atoms with E-state index >= 15 is 0 Å². The molecule has 2 aromatic carbocycles. The summed E-state index contributed by atoms with van der Waals surface area (Å²) in [7, 11) is 0. The molecule has 0 aliphatic carbocycles. The number of hydrogen-bond acceptors (Lipinski definition) is 1. The quantitative estimate of drug-likeness (QED) is 0.747. The first-order valence-corrected chi connectivity index (χ1v) is 6.42. The monoisotopic (exact) mass is 256 g/mol. The molecule has 0 amide bonds. The maximum Gasteiger partial charge on any atom is 0.163 e. The second kappa shape index (κ2) is 5.79. The van der Waals surface area contributed by atoms with E-state index in [9.17, 15) is 9.18 Å². The molecule has 98 valence electrons. The molecule has 19 heavy (non-hydrogen) atoms. The molecule has 0 aromatic heterocycles. The Hall–Kier alpha value is -1.96. The molecule has 0 N–H and O–H groups in total. The summed E-state index contributed by atoms with van der Waals surface area (Å²) in [6, 6.07) is 12.2. The van der Waals surface area contributed by atoms with Crippen molar-refractivity contribution in [2.75, 3.05) is 0 Å². The van der Waals surface area contributed by atoms with Gasteiger partial charge in [0.1, 0.15) is 5.82 Å². The van der Waals surface area contributed by atoms with Gasteiger partial charge in [0.25, 0.3) is 0 Å². The van der Waals surface area contributed by atoms with Gasteiger partial charge in [0, 0.05) is 12.0 Å². The third kappa shape index (κ3) is 3.28. The average Bonchev–Trinajstić information content (AvgIpc) is 2.38. The Bertz CT molecular complexity index is 564. The van der Waals surface area contributed by atoms with E-state index in [0.29, 0.717) is 12.8 Å². The SMILES string of the molecule is Cc1cccc(C)c1C(=O)CCc1ccc(F)cc1. The minimum Gasteiger partial charge on any atom is -0.294 e. The van der Waals surface area contributed by atoms with Gasteiger partial charge in [0.2, 0.25) is 0 Å². The van der Waals surface area contributed by atoms with Gasteiger partial charge in [0.05, 0.1) is 0 Å². The van der Waals surface area contributed by atoms with Crippen molar-refractivity contribution in [3.63, 3.8) is 0 Å². The summed E-state index contributed by atoms with van der Waals surface area (Å²) in [4.78, 5) is 12.3. The molecule has 0 aliphatic rings. The summed E-state index contributed by atoms with van der Waals surface area (Å²) < 4.78 is 12.8. The van der Waals surface area contributed by atoms with Crippen LogP contribution in [-0.4, -0.2) is 5.78 Å². The van der Waals surface area contributed by atoms with Crippen LogP contribution in [0.2, 0.25) is 0 Å². The van der Waals surface area contributed by atoms with E-state index in [-0.39, 0.29) is 11.6 Å². The molecule has 2 rings (SSSR count). The molecular formula is C17H17FO. The number of Topliss-reactive ketones (excluding diaryl/α,β-unsaturated/α-hetero) is 1. The van der Waals surface area contributed by atoms with E-state index in [2.05, 4.69) is 0 Å². The van der Waals surface area contributed by atoms with Gasteiger partial charge < -0.3 is 0 Å². The Morgan fingerprint density at radius 2 is 1.58 bits per heavy atom. The fraction of sp³-hybridized carbons (Fsp3) is 0.235. The molecule has 2 heteroatoms. The van der Waals surface area contributed by atoms with E-state index in [1.54, 1.807) is 12.1 Å². The average molecular weight is 256 g/mol. The molecule has 0 unspecified atom stereocenters.